The van der Waals surface area contributed by atoms with Crippen molar-refractivity contribution in [3.05, 3.63) is 59.2 Å². The van der Waals surface area contributed by atoms with Gasteiger partial charge in [0.05, 0.1) is 10.5 Å². The average Bonchev–Trinajstić information content (AvgIpc) is 2.47. The zero-order chi connectivity index (χ0) is 17.2. The van der Waals surface area contributed by atoms with Crippen LogP contribution in [0.1, 0.15) is 33.2 Å². The third-order valence-electron chi connectivity index (χ3n) is 3.25. The Morgan fingerprint density at radius 2 is 1.74 bits per heavy atom. The van der Waals surface area contributed by atoms with Gasteiger partial charge in [-0.15, -0.1) is 0 Å². The number of Topliss-reactive ketones (excluding diaryl/α,β-unsaturated/α-hetero) is 1. The van der Waals surface area contributed by atoms with Crippen LogP contribution in [0.2, 0.25) is 0 Å². The van der Waals surface area contributed by atoms with Gasteiger partial charge < -0.3 is 5.11 Å². The molecule has 0 saturated carbocycles. The standard InChI is InChI=1S/C16H15NO5S/c1-10-6-7-13(16(19)20)9-15(10)23(21,22)17-14-5-3-4-12(8-14)11(2)18/h3-9,17H,1-2H3,(H,19,20). The summed E-state index contributed by atoms with van der Waals surface area (Å²) in [5, 5.41) is 9.00. The summed E-state index contributed by atoms with van der Waals surface area (Å²) in [5.41, 5.74) is 0.915. The van der Waals surface area contributed by atoms with Crippen molar-refractivity contribution in [3.63, 3.8) is 0 Å². The maximum atomic E-state index is 12.5. The van der Waals surface area contributed by atoms with Crippen molar-refractivity contribution in [1.29, 1.82) is 0 Å². The van der Waals surface area contributed by atoms with E-state index >= 15 is 0 Å². The molecule has 6 nitrogen and oxygen atoms in total. The molecule has 0 aromatic heterocycles. The molecule has 7 heteroatoms. The first kappa shape index (κ1) is 16.7. The Balaban J connectivity index is 2.43. The Morgan fingerprint density at radius 3 is 2.35 bits per heavy atom. The lowest BCUT2D eigenvalue weighted by Crippen LogP contribution is -2.15. The molecule has 0 aliphatic carbocycles. The van der Waals surface area contributed by atoms with Crippen LogP contribution in [-0.4, -0.2) is 25.3 Å². The molecule has 0 aliphatic heterocycles. The number of carbonyl (C=O) groups excluding carboxylic acids is 1. The normalized spacial score (nSPS) is 11.0. The average molecular weight is 333 g/mol. The van der Waals surface area contributed by atoms with E-state index < -0.39 is 16.0 Å². The molecule has 23 heavy (non-hydrogen) atoms. The lowest BCUT2D eigenvalue weighted by Gasteiger charge is -2.11. The van der Waals surface area contributed by atoms with E-state index in [9.17, 15) is 18.0 Å². The number of carboxylic acids is 1. The van der Waals surface area contributed by atoms with Crippen LogP contribution in [0.3, 0.4) is 0 Å². The van der Waals surface area contributed by atoms with Crippen LogP contribution in [0.25, 0.3) is 0 Å². The fourth-order valence-corrected chi connectivity index (χ4v) is 3.36. The number of carbonyl (C=O) groups is 2. The van der Waals surface area contributed by atoms with E-state index in [1.54, 1.807) is 19.1 Å². The van der Waals surface area contributed by atoms with Crippen molar-refractivity contribution in [3.8, 4) is 0 Å². The molecule has 0 radical (unpaired) electrons. The summed E-state index contributed by atoms with van der Waals surface area (Å²) in [5.74, 6) is -1.39. The molecule has 0 heterocycles. The molecule has 0 fully saturated rings. The maximum Gasteiger partial charge on any atom is 0.335 e. The smallest absolute Gasteiger partial charge is 0.335 e. The topological polar surface area (TPSA) is 101 Å². The number of nitrogens with one attached hydrogen (secondary N) is 1. The van der Waals surface area contributed by atoms with Crippen LogP contribution >= 0.6 is 0 Å². The number of anilines is 1. The Kier molecular flexibility index (Phi) is 4.51. The molecule has 2 aromatic rings. The van der Waals surface area contributed by atoms with Gasteiger partial charge in [0.15, 0.2) is 5.78 Å². The highest BCUT2D eigenvalue weighted by molar-refractivity contribution is 7.92. The highest BCUT2D eigenvalue weighted by atomic mass is 32.2. The van der Waals surface area contributed by atoms with Crippen LogP contribution in [0.5, 0.6) is 0 Å². The van der Waals surface area contributed by atoms with Crippen LogP contribution < -0.4 is 4.72 Å². The molecule has 2 aromatic carbocycles. The first-order valence-electron chi connectivity index (χ1n) is 6.68. The Morgan fingerprint density at radius 1 is 1.04 bits per heavy atom. The van der Waals surface area contributed by atoms with E-state index in [2.05, 4.69) is 4.72 Å². The van der Waals surface area contributed by atoms with Crippen molar-refractivity contribution in [1.82, 2.24) is 0 Å². The zero-order valence-electron chi connectivity index (χ0n) is 12.5. The summed E-state index contributed by atoms with van der Waals surface area (Å²) in [6, 6.07) is 9.97. The second-order valence-electron chi connectivity index (χ2n) is 5.03. The minimum atomic E-state index is -3.97. The van der Waals surface area contributed by atoms with Gasteiger partial charge in [0.1, 0.15) is 0 Å². The van der Waals surface area contributed by atoms with E-state index in [1.807, 2.05) is 0 Å². The number of carboxylic acid groups (broad SMARTS) is 1. The van der Waals surface area contributed by atoms with E-state index in [1.165, 1.54) is 31.2 Å². The third kappa shape index (κ3) is 3.75. The van der Waals surface area contributed by atoms with Crippen LogP contribution in [-0.2, 0) is 10.0 Å². The van der Waals surface area contributed by atoms with E-state index in [0.717, 1.165) is 6.07 Å². The summed E-state index contributed by atoms with van der Waals surface area (Å²) < 4.78 is 27.3. The van der Waals surface area contributed by atoms with Gasteiger partial charge in [0, 0.05) is 11.3 Å². The number of aromatic carboxylic acids is 1. The predicted molar refractivity (Wildman–Crippen MR) is 85.4 cm³/mol. The van der Waals surface area contributed by atoms with Crippen molar-refractivity contribution in [2.75, 3.05) is 4.72 Å². The predicted octanol–water partition coefficient (Wildman–Crippen LogP) is 2.70. The van der Waals surface area contributed by atoms with Crippen molar-refractivity contribution in [2.45, 2.75) is 18.7 Å². The fraction of sp³-hybridized carbons (Fsp3) is 0.125. The number of benzene rings is 2. The quantitative estimate of drug-likeness (QED) is 0.819. The van der Waals surface area contributed by atoms with Gasteiger partial charge in [0.25, 0.3) is 10.0 Å². The molecule has 0 unspecified atom stereocenters. The van der Waals surface area contributed by atoms with Gasteiger partial charge in [-0.05, 0) is 43.7 Å². The minimum absolute atomic E-state index is 0.117. The number of hydrogen-bond donors (Lipinski definition) is 2. The number of hydrogen-bond acceptors (Lipinski definition) is 4. The Labute approximate surface area is 133 Å². The van der Waals surface area contributed by atoms with E-state index in [4.69, 9.17) is 5.11 Å². The summed E-state index contributed by atoms with van der Waals surface area (Å²) in [6.45, 7) is 2.96. The van der Waals surface area contributed by atoms with Crippen LogP contribution in [0.4, 0.5) is 5.69 Å². The highest BCUT2D eigenvalue weighted by Gasteiger charge is 2.19. The number of ketones is 1. The second-order valence-corrected chi connectivity index (χ2v) is 6.68. The lowest BCUT2D eigenvalue weighted by atomic mass is 10.1. The summed E-state index contributed by atoms with van der Waals surface area (Å²) >= 11 is 0. The summed E-state index contributed by atoms with van der Waals surface area (Å²) in [6.07, 6.45) is 0. The van der Waals surface area contributed by atoms with Gasteiger partial charge in [-0.2, -0.15) is 0 Å². The van der Waals surface area contributed by atoms with Crippen LogP contribution in [0, 0.1) is 6.92 Å². The van der Waals surface area contributed by atoms with Gasteiger partial charge in [-0.3, -0.25) is 9.52 Å². The van der Waals surface area contributed by atoms with Gasteiger partial charge >= 0.3 is 5.97 Å². The van der Waals surface area contributed by atoms with Crippen molar-refractivity contribution in [2.24, 2.45) is 0 Å². The van der Waals surface area contributed by atoms with Crippen molar-refractivity contribution >= 4 is 27.5 Å². The molecular formula is C16H15NO5S. The molecule has 0 amide bonds. The zero-order valence-corrected chi connectivity index (χ0v) is 13.3. The number of aryl methyl sites for hydroxylation is 1. The minimum Gasteiger partial charge on any atom is -0.478 e. The second kappa shape index (κ2) is 6.21. The fourth-order valence-electron chi connectivity index (χ4n) is 2.03. The number of rotatable bonds is 5. The summed E-state index contributed by atoms with van der Waals surface area (Å²) in [7, 11) is -3.97. The molecule has 0 atom stereocenters. The molecule has 0 spiro atoms. The largest absolute Gasteiger partial charge is 0.478 e. The molecule has 0 saturated heterocycles. The van der Waals surface area contributed by atoms with Gasteiger partial charge in [0.2, 0.25) is 0 Å². The SMILES string of the molecule is CC(=O)c1cccc(NS(=O)(=O)c2cc(C(=O)O)ccc2C)c1. The van der Waals surface area contributed by atoms with E-state index in [0.29, 0.717) is 11.1 Å². The third-order valence-corrected chi connectivity index (χ3v) is 4.77. The maximum absolute atomic E-state index is 12.5. The Bertz CT molecular complexity index is 887. The molecule has 0 bridgehead atoms. The molecular weight excluding hydrogens is 318 g/mol. The van der Waals surface area contributed by atoms with E-state index in [-0.39, 0.29) is 21.9 Å². The first-order chi connectivity index (χ1) is 10.7. The molecule has 2 N–H and O–H groups in total. The van der Waals surface area contributed by atoms with Gasteiger partial charge in [-0.1, -0.05) is 18.2 Å². The molecule has 120 valence electrons. The summed E-state index contributed by atoms with van der Waals surface area (Å²) in [4.78, 5) is 22.3. The lowest BCUT2D eigenvalue weighted by molar-refractivity contribution is 0.0696. The number of sulfonamides is 1. The molecule has 0 aliphatic rings. The highest BCUT2D eigenvalue weighted by Crippen LogP contribution is 2.21. The van der Waals surface area contributed by atoms with Crippen molar-refractivity contribution < 1.29 is 23.1 Å². The Hall–Kier alpha value is -2.67. The first-order valence-corrected chi connectivity index (χ1v) is 8.17. The molecule has 2 rings (SSSR count). The van der Waals surface area contributed by atoms with Gasteiger partial charge in [-0.25, -0.2) is 13.2 Å². The monoisotopic (exact) mass is 333 g/mol. The van der Waals surface area contributed by atoms with Crippen LogP contribution in [0.15, 0.2) is 47.4 Å².